The van der Waals surface area contributed by atoms with Crippen LogP contribution in [0.25, 0.3) is 43.6 Å². The van der Waals surface area contributed by atoms with E-state index in [1.807, 2.05) is 11.8 Å². The Kier molecular flexibility index (Phi) is 4.19. The molecule has 0 bridgehead atoms. The van der Waals surface area contributed by atoms with E-state index < -0.39 is 8.07 Å². The zero-order valence-electron chi connectivity index (χ0n) is 19.6. The summed E-state index contributed by atoms with van der Waals surface area (Å²) in [5, 5.41) is 9.76. The van der Waals surface area contributed by atoms with Gasteiger partial charge in [0.25, 0.3) is 0 Å². The minimum atomic E-state index is -1.37. The number of hydrogen-bond acceptors (Lipinski definition) is 1. The highest BCUT2D eigenvalue weighted by Crippen LogP contribution is 2.53. The van der Waals surface area contributed by atoms with Crippen LogP contribution in [0.1, 0.15) is 11.1 Å². The van der Waals surface area contributed by atoms with E-state index in [9.17, 15) is 0 Å². The molecule has 2 heterocycles. The van der Waals surface area contributed by atoms with Gasteiger partial charge in [0.1, 0.15) is 7.05 Å². The molecule has 0 aliphatic carbocycles. The van der Waals surface area contributed by atoms with Crippen LogP contribution in [0.15, 0.2) is 70.6 Å². The zero-order valence-corrected chi connectivity index (χ0v) is 21.4. The monoisotopic (exact) mass is 450 g/mol. The molecule has 0 N–H and O–H groups in total. The quantitative estimate of drug-likeness (QED) is 0.145. The summed E-state index contributed by atoms with van der Waals surface area (Å²) < 4.78 is 2.33. The Labute approximate surface area is 195 Å². The highest BCUT2D eigenvalue weighted by atomic mass is 32.2. The molecule has 3 heteroatoms. The van der Waals surface area contributed by atoms with Gasteiger partial charge in [-0.05, 0) is 58.0 Å². The Morgan fingerprint density at radius 3 is 2.19 bits per heavy atom. The van der Waals surface area contributed by atoms with Crippen LogP contribution in [-0.4, -0.2) is 8.07 Å². The van der Waals surface area contributed by atoms with E-state index in [1.165, 1.54) is 69.7 Å². The lowest BCUT2D eigenvalue weighted by Crippen LogP contribution is -2.37. The Hall–Kier alpha value is -2.62. The number of nitrogens with zero attached hydrogens (tertiary/aromatic N) is 1. The Balaban J connectivity index is 1.79. The molecule has 0 saturated carbocycles. The van der Waals surface area contributed by atoms with Gasteiger partial charge in [-0.25, -0.2) is 4.57 Å². The lowest BCUT2D eigenvalue weighted by atomic mass is 9.91. The Morgan fingerprint density at radius 1 is 0.750 bits per heavy atom. The summed E-state index contributed by atoms with van der Waals surface area (Å²) in [5.41, 5.74) is 5.54. The number of fused-ring (bicyclic) bond motifs is 5. The second-order valence-corrected chi connectivity index (χ2v) is 16.3. The first kappa shape index (κ1) is 20.0. The molecule has 4 aromatic carbocycles. The van der Waals surface area contributed by atoms with E-state index in [-0.39, 0.29) is 0 Å². The van der Waals surface area contributed by atoms with Crippen LogP contribution in [0, 0.1) is 13.8 Å². The summed E-state index contributed by atoms with van der Waals surface area (Å²) in [6.45, 7) is 11.9. The van der Waals surface area contributed by atoms with E-state index in [4.69, 9.17) is 0 Å². The molecule has 1 aliphatic rings. The molecular formula is C29H28NSSi+. The molecule has 32 heavy (non-hydrogen) atoms. The minimum Gasteiger partial charge on any atom is -0.200 e. The van der Waals surface area contributed by atoms with Crippen LogP contribution >= 0.6 is 11.8 Å². The van der Waals surface area contributed by atoms with Gasteiger partial charge >= 0.3 is 0 Å². The second kappa shape index (κ2) is 6.69. The van der Waals surface area contributed by atoms with Gasteiger partial charge in [-0.15, -0.1) is 0 Å². The molecule has 0 fully saturated rings. The first-order chi connectivity index (χ1) is 15.3. The van der Waals surface area contributed by atoms with E-state index in [0.717, 1.165) is 0 Å². The van der Waals surface area contributed by atoms with Crippen LogP contribution < -0.4 is 9.75 Å². The third-order valence-electron chi connectivity index (χ3n) is 7.17. The zero-order chi connectivity index (χ0) is 22.4. The average molecular weight is 451 g/mol. The summed E-state index contributed by atoms with van der Waals surface area (Å²) in [4.78, 5) is 2.83. The third-order valence-corrected chi connectivity index (χ3v) is 10.6. The van der Waals surface area contributed by atoms with Gasteiger partial charge in [0, 0.05) is 15.9 Å². The lowest BCUT2D eigenvalue weighted by molar-refractivity contribution is -0.659. The van der Waals surface area contributed by atoms with E-state index in [0.29, 0.717) is 0 Å². The van der Waals surface area contributed by atoms with Gasteiger partial charge in [0.05, 0.1) is 19.0 Å². The number of aromatic nitrogens is 1. The van der Waals surface area contributed by atoms with Crippen molar-refractivity contribution in [2.75, 3.05) is 0 Å². The van der Waals surface area contributed by atoms with Crippen molar-refractivity contribution < 1.29 is 4.57 Å². The SMILES string of the molecule is Cc1c2c(c(C)c3ccccc13)-c1c3c(c4ccc([Si](C)(C)C)cc4cc3cc[n+]1C)S2. The molecule has 158 valence electrons. The van der Waals surface area contributed by atoms with Crippen molar-refractivity contribution in [3.05, 3.63) is 71.9 Å². The van der Waals surface area contributed by atoms with Crippen molar-refractivity contribution >= 4 is 57.3 Å². The molecular weight excluding hydrogens is 422 g/mol. The van der Waals surface area contributed by atoms with Crippen LogP contribution in [0.2, 0.25) is 19.6 Å². The molecule has 0 spiro atoms. The maximum Gasteiger partial charge on any atom is 0.222 e. The molecule has 1 aromatic heterocycles. The van der Waals surface area contributed by atoms with Crippen LogP contribution in [-0.2, 0) is 7.05 Å². The smallest absolute Gasteiger partial charge is 0.200 e. The van der Waals surface area contributed by atoms with Gasteiger partial charge in [0.15, 0.2) is 6.20 Å². The van der Waals surface area contributed by atoms with Gasteiger partial charge in [0.2, 0.25) is 5.69 Å². The first-order valence-electron chi connectivity index (χ1n) is 11.4. The molecule has 0 atom stereocenters. The molecule has 1 nitrogen and oxygen atoms in total. The van der Waals surface area contributed by atoms with Crippen LogP contribution in [0.5, 0.6) is 0 Å². The number of pyridine rings is 1. The molecule has 5 aromatic rings. The number of hydrogen-bond donors (Lipinski definition) is 0. The van der Waals surface area contributed by atoms with Gasteiger partial charge < -0.3 is 0 Å². The van der Waals surface area contributed by atoms with Crippen molar-refractivity contribution in [2.24, 2.45) is 7.05 Å². The predicted octanol–water partition coefficient (Wildman–Crippen LogP) is 7.26. The predicted molar refractivity (Wildman–Crippen MR) is 142 cm³/mol. The fraction of sp³-hybridized carbons (Fsp3) is 0.207. The summed E-state index contributed by atoms with van der Waals surface area (Å²) >= 11 is 1.98. The molecule has 0 radical (unpaired) electrons. The fourth-order valence-electron chi connectivity index (χ4n) is 5.35. The highest BCUT2D eigenvalue weighted by Gasteiger charge is 2.32. The van der Waals surface area contributed by atoms with E-state index in [2.05, 4.69) is 106 Å². The Bertz CT molecular complexity index is 1610. The van der Waals surface area contributed by atoms with Crippen LogP contribution in [0.3, 0.4) is 0 Å². The largest absolute Gasteiger partial charge is 0.222 e. The second-order valence-electron chi connectivity index (χ2n) is 10.2. The summed E-state index contributed by atoms with van der Waals surface area (Å²) in [6, 6.07) is 20.8. The molecule has 0 saturated heterocycles. The van der Waals surface area contributed by atoms with Crippen molar-refractivity contribution in [3.8, 4) is 11.3 Å². The Morgan fingerprint density at radius 2 is 1.47 bits per heavy atom. The van der Waals surface area contributed by atoms with E-state index in [1.54, 1.807) is 0 Å². The van der Waals surface area contributed by atoms with E-state index >= 15 is 0 Å². The van der Waals surface area contributed by atoms with Crippen molar-refractivity contribution in [2.45, 2.75) is 43.3 Å². The van der Waals surface area contributed by atoms with Crippen molar-refractivity contribution in [1.29, 1.82) is 0 Å². The molecule has 0 amide bonds. The summed E-state index contributed by atoms with van der Waals surface area (Å²) in [6.07, 6.45) is 2.24. The van der Waals surface area contributed by atoms with Gasteiger partial charge in [-0.2, -0.15) is 0 Å². The average Bonchev–Trinajstić information content (AvgIpc) is 2.78. The van der Waals surface area contributed by atoms with Crippen molar-refractivity contribution in [1.82, 2.24) is 0 Å². The number of rotatable bonds is 1. The molecule has 6 rings (SSSR count). The normalized spacial score (nSPS) is 13.2. The van der Waals surface area contributed by atoms with Gasteiger partial charge in [-0.3, -0.25) is 0 Å². The first-order valence-corrected chi connectivity index (χ1v) is 15.7. The summed E-state index contributed by atoms with van der Waals surface area (Å²) in [5.74, 6) is 0. The third kappa shape index (κ3) is 2.68. The minimum absolute atomic E-state index is 1.34. The lowest BCUT2D eigenvalue weighted by Gasteiger charge is -2.25. The number of benzene rings is 4. The topological polar surface area (TPSA) is 3.88 Å². The van der Waals surface area contributed by atoms with Gasteiger partial charge in [-0.1, -0.05) is 79.1 Å². The fourth-order valence-corrected chi connectivity index (χ4v) is 7.96. The standard InChI is InChI=1S/C29H28NSSi/c1-17-22-9-7-8-10-23(22)18(2)28-25(17)27-26-19(13-14-30(27)3)15-20-16-21(32(4,5)6)11-12-24(20)29(26)31-28/h7-16H,1-6H3/q+1. The molecule has 0 unspecified atom stereocenters. The maximum absolute atomic E-state index is 2.46. The molecule has 1 aliphatic heterocycles. The number of aryl methyl sites for hydroxylation is 3. The van der Waals surface area contributed by atoms with Crippen LogP contribution in [0.4, 0.5) is 0 Å². The van der Waals surface area contributed by atoms with Crippen molar-refractivity contribution in [3.63, 3.8) is 0 Å². The summed E-state index contributed by atoms with van der Waals surface area (Å²) in [7, 11) is 0.828. The highest BCUT2D eigenvalue weighted by molar-refractivity contribution is 8.00. The maximum atomic E-state index is 2.46.